The van der Waals surface area contributed by atoms with Crippen LogP contribution < -0.4 is 0 Å². The molecule has 1 saturated heterocycles. The molecule has 0 aromatic rings. The van der Waals surface area contributed by atoms with Crippen LogP contribution in [0.1, 0.15) is 12.8 Å². The molecule has 1 aliphatic heterocycles. The molecule has 4 heteroatoms. The van der Waals surface area contributed by atoms with Gasteiger partial charge in [0, 0.05) is 13.0 Å². The van der Waals surface area contributed by atoms with Crippen LogP contribution in [-0.2, 0) is 4.74 Å². The number of ether oxygens (including phenoxy) is 1. The van der Waals surface area contributed by atoms with Crippen LogP contribution in [-0.4, -0.2) is 29.1 Å². The third-order valence-corrected chi connectivity index (χ3v) is 2.04. The van der Waals surface area contributed by atoms with E-state index in [1.54, 1.807) is 0 Å². The van der Waals surface area contributed by atoms with E-state index in [0.717, 1.165) is 12.8 Å². The van der Waals surface area contributed by atoms with Crippen LogP contribution in [0.2, 0.25) is 0 Å². The summed E-state index contributed by atoms with van der Waals surface area (Å²) in [6, 6.07) is 0. The molecule has 3 nitrogen and oxygen atoms in total. The predicted molar refractivity (Wildman–Crippen MR) is 50.1 cm³/mol. The number of carbonyl (C=O) groups is 1. The van der Waals surface area contributed by atoms with E-state index in [0.29, 0.717) is 11.5 Å². The molecule has 1 heterocycles. The van der Waals surface area contributed by atoms with Gasteiger partial charge in [-0.1, -0.05) is 24.9 Å². The topological polar surface area (TPSA) is 29.5 Å². The van der Waals surface area contributed by atoms with Crippen molar-refractivity contribution in [3.63, 3.8) is 0 Å². The minimum Gasteiger partial charge on any atom is -0.445 e. The van der Waals surface area contributed by atoms with E-state index in [1.165, 1.54) is 11.0 Å². The quantitative estimate of drug-likeness (QED) is 0.484. The molecule has 1 aliphatic rings. The minimum atomic E-state index is -0.350. The monoisotopic (exact) mass is 185 g/mol. The SMILES string of the molecule is C=CCOC(=O)N1CCCC1=S. The molecular weight excluding hydrogens is 174 g/mol. The maximum Gasteiger partial charge on any atom is 0.414 e. The third-order valence-electron chi connectivity index (χ3n) is 1.62. The number of thiocarbonyl (C=S) groups is 1. The second-order valence-electron chi connectivity index (χ2n) is 2.51. The summed E-state index contributed by atoms with van der Waals surface area (Å²) in [5, 5.41) is 0. The predicted octanol–water partition coefficient (Wildman–Crippen LogP) is 1.73. The minimum absolute atomic E-state index is 0.248. The number of amides is 1. The summed E-state index contributed by atoms with van der Waals surface area (Å²) in [6.45, 7) is 4.39. The van der Waals surface area contributed by atoms with E-state index in [1.807, 2.05) is 0 Å². The molecule has 0 saturated carbocycles. The maximum absolute atomic E-state index is 11.2. The molecule has 0 atom stereocenters. The number of carbonyl (C=O) groups excluding carboxylic acids is 1. The van der Waals surface area contributed by atoms with Gasteiger partial charge in [0.15, 0.2) is 0 Å². The molecule has 0 radical (unpaired) electrons. The standard InChI is InChI=1S/C8H11NO2S/c1-2-6-11-8(10)9-5-3-4-7(9)12/h2H,1,3-6H2. The summed E-state index contributed by atoms with van der Waals surface area (Å²) >= 11 is 4.97. The Kier molecular flexibility index (Phi) is 3.22. The lowest BCUT2D eigenvalue weighted by molar-refractivity contribution is 0.137. The first-order valence-electron chi connectivity index (χ1n) is 3.83. The highest BCUT2D eigenvalue weighted by molar-refractivity contribution is 7.80. The highest BCUT2D eigenvalue weighted by Gasteiger charge is 2.23. The fraction of sp³-hybridized carbons (Fsp3) is 0.500. The van der Waals surface area contributed by atoms with Gasteiger partial charge in [0.2, 0.25) is 0 Å². The third kappa shape index (κ3) is 2.04. The second kappa shape index (κ2) is 4.21. The van der Waals surface area contributed by atoms with Gasteiger partial charge in [-0.15, -0.1) is 0 Å². The van der Waals surface area contributed by atoms with Crippen LogP contribution in [0.4, 0.5) is 4.79 Å². The Morgan fingerprint density at radius 1 is 1.83 bits per heavy atom. The molecule has 0 N–H and O–H groups in total. The van der Waals surface area contributed by atoms with Gasteiger partial charge < -0.3 is 4.74 Å². The highest BCUT2D eigenvalue weighted by Crippen LogP contribution is 2.12. The first kappa shape index (κ1) is 9.19. The molecule has 0 bridgehead atoms. The van der Waals surface area contributed by atoms with Crippen molar-refractivity contribution >= 4 is 23.3 Å². The normalized spacial score (nSPS) is 16.3. The van der Waals surface area contributed by atoms with Crippen LogP contribution in [0.15, 0.2) is 12.7 Å². The number of hydrogen-bond donors (Lipinski definition) is 0. The van der Waals surface area contributed by atoms with Crippen LogP contribution in [0.5, 0.6) is 0 Å². The zero-order chi connectivity index (χ0) is 8.97. The number of hydrogen-bond acceptors (Lipinski definition) is 3. The number of nitrogens with zero attached hydrogens (tertiary/aromatic N) is 1. The van der Waals surface area contributed by atoms with E-state index < -0.39 is 0 Å². The molecule has 0 unspecified atom stereocenters. The van der Waals surface area contributed by atoms with Crippen molar-refractivity contribution < 1.29 is 9.53 Å². The molecule has 0 spiro atoms. The van der Waals surface area contributed by atoms with Gasteiger partial charge in [-0.3, -0.25) is 4.90 Å². The fourth-order valence-electron chi connectivity index (χ4n) is 1.05. The van der Waals surface area contributed by atoms with Crippen LogP contribution in [0, 0.1) is 0 Å². The summed E-state index contributed by atoms with van der Waals surface area (Å²) in [5.74, 6) is 0. The maximum atomic E-state index is 11.2. The van der Waals surface area contributed by atoms with Gasteiger partial charge in [0.1, 0.15) is 6.61 Å². The Balaban J connectivity index is 2.40. The van der Waals surface area contributed by atoms with E-state index in [4.69, 9.17) is 17.0 Å². The van der Waals surface area contributed by atoms with Gasteiger partial charge >= 0.3 is 6.09 Å². The van der Waals surface area contributed by atoms with Crippen LogP contribution >= 0.6 is 12.2 Å². The van der Waals surface area contributed by atoms with E-state index in [9.17, 15) is 4.79 Å². The van der Waals surface area contributed by atoms with Crippen LogP contribution in [0.25, 0.3) is 0 Å². The average molecular weight is 185 g/mol. The van der Waals surface area contributed by atoms with Crippen LogP contribution in [0.3, 0.4) is 0 Å². The number of rotatable bonds is 2. The summed E-state index contributed by atoms with van der Waals surface area (Å²) in [7, 11) is 0. The summed E-state index contributed by atoms with van der Waals surface area (Å²) < 4.78 is 4.83. The Labute approximate surface area is 77.0 Å². The molecule has 1 amide bonds. The van der Waals surface area contributed by atoms with E-state index >= 15 is 0 Å². The second-order valence-corrected chi connectivity index (χ2v) is 2.99. The fourth-order valence-corrected chi connectivity index (χ4v) is 1.36. The molecular formula is C8H11NO2S. The van der Waals surface area contributed by atoms with Gasteiger partial charge in [-0.2, -0.15) is 0 Å². The molecule has 0 aromatic carbocycles. The van der Waals surface area contributed by atoms with Gasteiger partial charge in [0.05, 0.1) is 4.99 Å². The summed E-state index contributed by atoms with van der Waals surface area (Å²) in [6.07, 6.45) is 2.95. The van der Waals surface area contributed by atoms with Gasteiger partial charge in [-0.25, -0.2) is 4.79 Å². The first-order valence-corrected chi connectivity index (χ1v) is 4.24. The van der Waals surface area contributed by atoms with Crippen molar-refractivity contribution in [1.82, 2.24) is 4.90 Å². The van der Waals surface area contributed by atoms with Crippen molar-refractivity contribution in [1.29, 1.82) is 0 Å². The Morgan fingerprint density at radius 2 is 2.58 bits per heavy atom. The average Bonchev–Trinajstić information content (AvgIpc) is 2.47. The van der Waals surface area contributed by atoms with Gasteiger partial charge in [-0.05, 0) is 6.42 Å². The lowest BCUT2D eigenvalue weighted by Crippen LogP contribution is -2.31. The Bertz CT molecular complexity index is 215. The van der Waals surface area contributed by atoms with Gasteiger partial charge in [0.25, 0.3) is 0 Å². The van der Waals surface area contributed by atoms with Crippen molar-refractivity contribution in [2.75, 3.05) is 13.2 Å². The Hall–Kier alpha value is -0.900. The lowest BCUT2D eigenvalue weighted by Gasteiger charge is -2.14. The molecule has 12 heavy (non-hydrogen) atoms. The summed E-state index contributed by atoms with van der Waals surface area (Å²) in [5.41, 5.74) is 0. The van der Waals surface area contributed by atoms with Crippen molar-refractivity contribution in [2.24, 2.45) is 0 Å². The van der Waals surface area contributed by atoms with Crippen molar-refractivity contribution in [3.8, 4) is 0 Å². The zero-order valence-electron chi connectivity index (χ0n) is 6.78. The first-order chi connectivity index (χ1) is 5.75. The van der Waals surface area contributed by atoms with E-state index in [-0.39, 0.29) is 12.7 Å². The molecule has 66 valence electrons. The largest absolute Gasteiger partial charge is 0.445 e. The lowest BCUT2D eigenvalue weighted by atomic mass is 10.4. The molecule has 0 aromatic heterocycles. The molecule has 0 aliphatic carbocycles. The van der Waals surface area contributed by atoms with Crippen molar-refractivity contribution in [3.05, 3.63) is 12.7 Å². The molecule has 1 fully saturated rings. The molecule has 1 rings (SSSR count). The van der Waals surface area contributed by atoms with Crippen molar-refractivity contribution in [2.45, 2.75) is 12.8 Å². The highest BCUT2D eigenvalue weighted by atomic mass is 32.1. The number of likely N-dealkylation sites (tertiary alicyclic amines) is 1. The smallest absolute Gasteiger partial charge is 0.414 e. The summed E-state index contributed by atoms with van der Waals surface area (Å²) in [4.78, 5) is 13.4. The zero-order valence-corrected chi connectivity index (χ0v) is 7.60. The Morgan fingerprint density at radius 3 is 3.08 bits per heavy atom. The van der Waals surface area contributed by atoms with E-state index in [2.05, 4.69) is 6.58 Å².